The van der Waals surface area contributed by atoms with Crippen molar-refractivity contribution in [2.45, 2.75) is 24.7 Å². The topological polar surface area (TPSA) is 78.4 Å². The van der Waals surface area contributed by atoms with Crippen molar-refractivity contribution in [1.82, 2.24) is 10.6 Å². The number of hydrogen-bond acceptors (Lipinski definition) is 3. The Labute approximate surface area is 123 Å². The summed E-state index contributed by atoms with van der Waals surface area (Å²) >= 11 is 1.68. The van der Waals surface area contributed by atoms with Gasteiger partial charge in [-0.05, 0) is 25.5 Å². The van der Waals surface area contributed by atoms with Gasteiger partial charge in [-0.1, -0.05) is 17.7 Å². The van der Waals surface area contributed by atoms with Crippen LogP contribution in [0.3, 0.4) is 0 Å². The van der Waals surface area contributed by atoms with Crippen LogP contribution in [0.1, 0.15) is 18.4 Å². The van der Waals surface area contributed by atoms with E-state index in [-0.39, 0.29) is 12.5 Å². The predicted octanol–water partition coefficient (Wildman–Crippen LogP) is 2.25. The fourth-order valence-electron chi connectivity index (χ4n) is 1.47. The highest BCUT2D eigenvalue weighted by Gasteiger charge is 2.01. The van der Waals surface area contributed by atoms with Crippen LogP contribution >= 0.6 is 11.8 Å². The van der Waals surface area contributed by atoms with Gasteiger partial charge in [-0.25, -0.2) is 4.79 Å². The molecule has 3 N–H and O–H groups in total. The maximum atomic E-state index is 11.4. The summed E-state index contributed by atoms with van der Waals surface area (Å²) in [6.45, 7) is 3.00. The van der Waals surface area contributed by atoms with Crippen LogP contribution in [0, 0.1) is 6.92 Å². The molecule has 1 rings (SSSR count). The first-order valence-electron chi connectivity index (χ1n) is 6.51. The van der Waals surface area contributed by atoms with E-state index in [0.717, 1.165) is 5.75 Å². The fraction of sp³-hybridized carbons (Fsp3) is 0.429. The Kier molecular flexibility index (Phi) is 7.57. The molecule has 1 aromatic rings. The number of nitrogens with one attached hydrogen (secondary N) is 2. The first-order valence-corrected chi connectivity index (χ1v) is 7.49. The molecule has 0 aliphatic carbocycles. The van der Waals surface area contributed by atoms with Gasteiger partial charge in [0.15, 0.2) is 0 Å². The van der Waals surface area contributed by atoms with Crippen LogP contribution in [0.25, 0.3) is 0 Å². The zero-order valence-electron chi connectivity index (χ0n) is 11.5. The summed E-state index contributed by atoms with van der Waals surface area (Å²) in [5.74, 6) is -0.0484. The Morgan fingerprint density at radius 1 is 1.15 bits per heavy atom. The molecule has 0 atom stereocenters. The number of urea groups is 1. The molecule has 0 unspecified atom stereocenters. The highest BCUT2D eigenvalue weighted by atomic mass is 32.2. The lowest BCUT2D eigenvalue weighted by molar-refractivity contribution is -0.137. The first kappa shape index (κ1) is 16.4. The predicted molar refractivity (Wildman–Crippen MR) is 80.2 cm³/mol. The highest BCUT2D eigenvalue weighted by Crippen LogP contribution is 2.17. The Hall–Kier alpha value is -1.69. The lowest BCUT2D eigenvalue weighted by atomic mass is 10.2. The van der Waals surface area contributed by atoms with Crippen molar-refractivity contribution in [3.05, 3.63) is 29.8 Å². The van der Waals surface area contributed by atoms with Gasteiger partial charge in [-0.2, -0.15) is 0 Å². The molecule has 0 aliphatic rings. The number of rotatable bonds is 8. The summed E-state index contributed by atoms with van der Waals surface area (Å²) < 4.78 is 0. The Morgan fingerprint density at radius 3 is 2.45 bits per heavy atom. The van der Waals surface area contributed by atoms with Crippen molar-refractivity contribution < 1.29 is 14.7 Å². The molecule has 0 fully saturated rings. The van der Waals surface area contributed by atoms with E-state index in [1.54, 1.807) is 11.8 Å². The molecule has 0 aliphatic heterocycles. The largest absolute Gasteiger partial charge is 0.481 e. The number of amides is 2. The smallest absolute Gasteiger partial charge is 0.314 e. The van der Waals surface area contributed by atoms with Crippen LogP contribution < -0.4 is 10.6 Å². The van der Waals surface area contributed by atoms with E-state index in [1.165, 1.54) is 10.5 Å². The molecular formula is C14H20N2O3S. The Balaban J connectivity index is 2.04. The first-order chi connectivity index (χ1) is 9.58. The van der Waals surface area contributed by atoms with Crippen LogP contribution in [0.15, 0.2) is 29.2 Å². The Bertz CT molecular complexity index is 435. The number of carbonyl (C=O) groups excluding carboxylic acids is 1. The lowest BCUT2D eigenvalue weighted by Gasteiger charge is -2.07. The summed E-state index contributed by atoms with van der Waals surface area (Å²) in [4.78, 5) is 22.8. The number of benzene rings is 1. The van der Waals surface area contributed by atoms with Crippen LogP contribution in [0.5, 0.6) is 0 Å². The van der Waals surface area contributed by atoms with E-state index in [4.69, 9.17) is 5.11 Å². The summed E-state index contributed by atoms with van der Waals surface area (Å²) in [5.41, 5.74) is 1.23. The summed E-state index contributed by atoms with van der Waals surface area (Å²) in [7, 11) is 0. The molecule has 5 nitrogen and oxygen atoms in total. The van der Waals surface area contributed by atoms with Crippen molar-refractivity contribution in [1.29, 1.82) is 0 Å². The number of carboxylic acids is 1. The van der Waals surface area contributed by atoms with E-state index >= 15 is 0 Å². The fourth-order valence-corrected chi connectivity index (χ4v) is 2.24. The van der Waals surface area contributed by atoms with Crippen molar-refractivity contribution in [3.63, 3.8) is 0 Å². The van der Waals surface area contributed by atoms with E-state index in [1.807, 2.05) is 6.92 Å². The Morgan fingerprint density at radius 2 is 1.80 bits per heavy atom. The van der Waals surface area contributed by atoms with Gasteiger partial charge in [0, 0.05) is 30.2 Å². The number of carboxylic acid groups (broad SMARTS) is 1. The average molecular weight is 296 g/mol. The number of thioether (sulfide) groups is 1. The quantitative estimate of drug-likeness (QED) is 0.508. The second kappa shape index (κ2) is 9.25. The standard InChI is InChI=1S/C14H20N2O3S/c1-11-4-6-12(7-5-11)20-10-9-16-14(19)15-8-2-3-13(17)18/h4-7H,2-3,8-10H2,1H3,(H,17,18)(H2,15,16,19). The third kappa shape index (κ3) is 7.68. The molecular weight excluding hydrogens is 276 g/mol. The van der Waals surface area contributed by atoms with Crippen LogP contribution in [0.2, 0.25) is 0 Å². The second-order valence-corrected chi connectivity index (χ2v) is 5.51. The van der Waals surface area contributed by atoms with E-state index in [2.05, 4.69) is 34.9 Å². The molecule has 1 aromatic carbocycles. The third-order valence-electron chi connectivity index (χ3n) is 2.53. The van der Waals surface area contributed by atoms with Crippen LogP contribution in [-0.2, 0) is 4.79 Å². The summed E-state index contributed by atoms with van der Waals surface area (Å²) in [5, 5.41) is 13.8. The van der Waals surface area contributed by atoms with Gasteiger partial charge >= 0.3 is 12.0 Å². The minimum Gasteiger partial charge on any atom is -0.481 e. The van der Waals surface area contributed by atoms with Gasteiger partial charge in [-0.15, -0.1) is 11.8 Å². The van der Waals surface area contributed by atoms with Crippen LogP contribution in [0.4, 0.5) is 4.79 Å². The molecule has 20 heavy (non-hydrogen) atoms. The second-order valence-electron chi connectivity index (χ2n) is 4.34. The number of aliphatic carboxylic acids is 1. The molecule has 0 saturated carbocycles. The van der Waals surface area contributed by atoms with E-state index in [0.29, 0.717) is 19.5 Å². The molecule has 2 amide bonds. The molecule has 0 heterocycles. The van der Waals surface area contributed by atoms with Crippen molar-refractivity contribution in [3.8, 4) is 0 Å². The van der Waals surface area contributed by atoms with Crippen molar-refractivity contribution in [2.24, 2.45) is 0 Å². The van der Waals surface area contributed by atoms with E-state index < -0.39 is 5.97 Å². The average Bonchev–Trinajstić information content (AvgIpc) is 2.41. The maximum Gasteiger partial charge on any atom is 0.314 e. The molecule has 6 heteroatoms. The third-order valence-corrected chi connectivity index (χ3v) is 3.54. The SMILES string of the molecule is Cc1ccc(SCCNC(=O)NCCCC(=O)O)cc1. The lowest BCUT2D eigenvalue weighted by Crippen LogP contribution is -2.37. The highest BCUT2D eigenvalue weighted by molar-refractivity contribution is 7.99. The maximum absolute atomic E-state index is 11.4. The summed E-state index contributed by atoms with van der Waals surface area (Å²) in [6, 6.07) is 7.99. The summed E-state index contributed by atoms with van der Waals surface area (Å²) in [6.07, 6.45) is 0.518. The zero-order chi connectivity index (χ0) is 14.8. The van der Waals surface area contributed by atoms with Gasteiger partial charge in [-0.3, -0.25) is 4.79 Å². The van der Waals surface area contributed by atoms with Gasteiger partial charge in [0.05, 0.1) is 0 Å². The van der Waals surface area contributed by atoms with Gasteiger partial charge in [0.25, 0.3) is 0 Å². The minimum absolute atomic E-state index is 0.0730. The molecule has 0 saturated heterocycles. The number of aryl methyl sites for hydroxylation is 1. The van der Waals surface area contributed by atoms with E-state index in [9.17, 15) is 9.59 Å². The molecule has 0 radical (unpaired) electrons. The van der Waals surface area contributed by atoms with Gasteiger partial charge in [0.1, 0.15) is 0 Å². The van der Waals surface area contributed by atoms with Crippen LogP contribution in [-0.4, -0.2) is 35.9 Å². The van der Waals surface area contributed by atoms with Crippen molar-refractivity contribution in [2.75, 3.05) is 18.8 Å². The number of hydrogen-bond donors (Lipinski definition) is 3. The van der Waals surface area contributed by atoms with Gasteiger partial charge in [0.2, 0.25) is 0 Å². The zero-order valence-corrected chi connectivity index (χ0v) is 12.3. The number of carbonyl (C=O) groups is 2. The van der Waals surface area contributed by atoms with Crippen molar-refractivity contribution >= 4 is 23.8 Å². The normalized spacial score (nSPS) is 10.1. The molecule has 0 aromatic heterocycles. The van der Waals surface area contributed by atoms with Gasteiger partial charge < -0.3 is 15.7 Å². The molecule has 110 valence electrons. The molecule has 0 bridgehead atoms. The monoisotopic (exact) mass is 296 g/mol. The minimum atomic E-state index is -0.846. The molecule has 0 spiro atoms.